The van der Waals surface area contributed by atoms with Crippen LogP contribution in [0, 0.1) is 5.92 Å². The number of amides is 1. The van der Waals surface area contributed by atoms with Gasteiger partial charge in [-0.25, -0.2) is 4.79 Å². The summed E-state index contributed by atoms with van der Waals surface area (Å²) in [5, 5.41) is 3.10. The van der Waals surface area contributed by atoms with Gasteiger partial charge in [0.25, 0.3) is 0 Å². The average molecular weight is 532 g/mol. The molecule has 1 aliphatic rings. The Bertz CT molecular complexity index is 1120. The lowest BCUT2D eigenvalue weighted by Gasteiger charge is -2.41. The van der Waals surface area contributed by atoms with Crippen LogP contribution >= 0.6 is 0 Å². The molecular formula is C33H41NO5. The molecule has 0 radical (unpaired) electrons. The number of nitrogens with one attached hydrogen (secondary N) is 1. The van der Waals surface area contributed by atoms with E-state index < -0.39 is 11.7 Å². The number of hydrogen-bond donors (Lipinski definition) is 1. The fourth-order valence-corrected chi connectivity index (χ4v) is 4.85. The van der Waals surface area contributed by atoms with Crippen molar-refractivity contribution in [3.8, 4) is 0 Å². The lowest BCUT2D eigenvalue weighted by Crippen LogP contribution is -2.54. The lowest BCUT2D eigenvalue weighted by molar-refractivity contribution is -0.111. The van der Waals surface area contributed by atoms with E-state index >= 15 is 0 Å². The first-order valence-electron chi connectivity index (χ1n) is 13.8. The maximum atomic E-state index is 12.8. The van der Waals surface area contributed by atoms with E-state index in [-0.39, 0.29) is 24.2 Å². The molecule has 0 bridgehead atoms. The second-order valence-electron chi connectivity index (χ2n) is 11.2. The van der Waals surface area contributed by atoms with E-state index in [0.717, 1.165) is 16.7 Å². The molecule has 1 saturated carbocycles. The smallest absolute Gasteiger partial charge is 0.407 e. The Hall–Kier alpha value is -3.19. The summed E-state index contributed by atoms with van der Waals surface area (Å²) < 4.78 is 24.7. The SMILES string of the molecule is CC(C)(C)OC(=O)N[C@@H]1C[C@H](COCc2ccccc2)C(OCc2ccccc2)C[C@@H]1OCc1ccccc1. The summed E-state index contributed by atoms with van der Waals surface area (Å²) in [5.74, 6) is 0.0777. The van der Waals surface area contributed by atoms with Crippen LogP contribution in [0.1, 0.15) is 50.3 Å². The highest BCUT2D eigenvalue weighted by molar-refractivity contribution is 5.68. The molecule has 0 saturated heterocycles. The van der Waals surface area contributed by atoms with Crippen molar-refractivity contribution >= 4 is 6.09 Å². The fourth-order valence-electron chi connectivity index (χ4n) is 4.85. The molecule has 3 aromatic rings. The van der Waals surface area contributed by atoms with Crippen molar-refractivity contribution in [3.63, 3.8) is 0 Å². The average Bonchev–Trinajstić information content (AvgIpc) is 2.92. The van der Waals surface area contributed by atoms with Crippen molar-refractivity contribution in [2.24, 2.45) is 5.92 Å². The summed E-state index contributed by atoms with van der Waals surface area (Å²) in [6, 6.07) is 30.2. The highest BCUT2D eigenvalue weighted by Crippen LogP contribution is 2.32. The first-order valence-corrected chi connectivity index (χ1v) is 13.8. The standard InChI is InChI=1S/C33H41NO5/c1-33(2,3)39-32(35)34-29-19-28(24-36-21-25-13-7-4-8-14-25)30(37-22-26-15-9-5-10-16-26)20-31(29)38-23-27-17-11-6-12-18-27/h4-18,28-31H,19-24H2,1-3H3,(H,34,35)/t28-,29-,30?,31+/m1/s1. The molecule has 1 fully saturated rings. The molecule has 1 N–H and O–H groups in total. The minimum absolute atomic E-state index is 0.0777. The Morgan fingerprint density at radius 2 is 1.21 bits per heavy atom. The molecule has 1 amide bonds. The minimum atomic E-state index is -0.585. The first-order chi connectivity index (χ1) is 18.9. The van der Waals surface area contributed by atoms with Gasteiger partial charge in [0.15, 0.2) is 0 Å². The van der Waals surface area contributed by atoms with Gasteiger partial charge in [0, 0.05) is 12.3 Å². The van der Waals surface area contributed by atoms with E-state index in [2.05, 4.69) is 29.6 Å². The van der Waals surface area contributed by atoms with E-state index in [9.17, 15) is 4.79 Å². The third kappa shape index (κ3) is 9.81. The van der Waals surface area contributed by atoms with E-state index in [0.29, 0.717) is 39.3 Å². The Kier molecular flexibility index (Phi) is 10.5. The summed E-state index contributed by atoms with van der Waals surface area (Å²) in [4.78, 5) is 12.8. The summed E-state index contributed by atoms with van der Waals surface area (Å²) in [6.45, 7) is 7.61. The second kappa shape index (κ2) is 14.3. The van der Waals surface area contributed by atoms with Gasteiger partial charge < -0.3 is 24.3 Å². The van der Waals surface area contributed by atoms with Gasteiger partial charge >= 0.3 is 6.09 Å². The number of alkyl carbamates (subject to hydrolysis) is 1. The van der Waals surface area contributed by atoms with Crippen molar-refractivity contribution in [3.05, 3.63) is 108 Å². The third-order valence-electron chi connectivity index (χ3n) is 6.76. The predicted molar refractivity (Wildman–Crippen MR) is 152 cm³/mol. The van der Waals surface area contributed by atoms with Crippen molar-refractivity contribution in [2.45, 2.75) is 77.3 Å². The zero-order valence-electron chi connectivity index (χ0n) is 23.3. The van der Waals surface area contributed by atoms with Crippen LogP contribution in [0.3, 0.4) is 0 Å². The Morgan fingerprint density at radius 1 is 0.718 bits per heavy atom. The van der Waals surface area contributed by atoms with E-state index in [4.69, 9.17) is 18.9 Å². The quantitative estimate of drug-likeness (QED) is 0.299. The molecule has 4 atom stereocenters. The number of rotatable bonds is 11. The number of carbonyl (C=O) groups excluding carboxylic acids is 1. The molecule has 39 heavy (non-hydrogen) atoms. The van der Waals surface area contributed by atoms with Gasteiger partial charge in [-0.2, -0.15) is 0 Å². The molecule has 208 valence electrons. The van der Waals surface area contributed by atoms with Crippen LogP contribution in [-0.2, 0) is 38.8 Å². The Labute approximate surface area is 232 Å². The summed E-state index contributed by atoms with van der Waals surface area (Å²) >= 11 is 0. The Morgan fingerprint density at radius 3 is 1.72 bits per heavy atom. The summed E-state index contributed by atoms with van der Waals surface area (Å²) in [6.07, 6.45) is 0.544. The number of ether oxygens (including phenoxy) is 4. The largest absolute Gasteiger partial charge is 0.444 e. The normalized spacial score (nSPS) is 21.3. The molecule has 0 spiro atoms. The van der Waals surface area contributed by atoms with E-state index in [1.54, 1.807) is 0 Å². The van der Waals surface area contributed by atoms with Crippen molar-refractivity contribution in [2.75, 3.05) is 6.61 Å². The van der Waals surface area contributed by atoms with Gasteiger partial charge in [0.2, 0.25) is 0 Å². The molecule has 0 heterocycles. The van der Waals surface area contributed by atoms with Crippen molar-refractivity contribution in [1.82, 2.24) is 5.32 Å². The number of benzene rings is 3. The molecule has 6 heteroatoms. The van der Waals surface area contributed by atoms with Crippen LogP contribution in [0.4, 0.5) is 4.79 Å². The first kappa shape index (κ1) is 28.8. The van der Waals surface area contributed by atoms with Crippen LogP contribution in [0.2, 0.25) is 0 Å². The number of hydrogen-bond acceptors (Lipinski definition) is 5. The Balaban J connectivity index is 1.47. The lowest BCUT2D eigenvalue weighted by atomic mass is 9.81. The van der Waals surface area contributed by atoms with Crippen LogP contribution in [-0.4, -0.2) is 36.6 Å². The molecule has 6 nitrogen and oxygen atoms in total. The summed E-state index contributed by atoms with van der Waals surface area (Å²) in [5.41, 5.74) is 2.75. The van der Waals surface area contributed by atoms with Gasteiger partial charge in [0.05, 0.1) is 44.7 Å². The maximum Gasteiger partial charge on any atom is 0.407 e. The predicted octanol–water partition coefficient (Wildman–Crippen LogP) is 6.68. The monoisotopic (exact) mass is 531 g/mol. The number of carbonyl (C=O) groups is 1. The highest BCUT2D eigenvalue weighted by Gasteiger charge is 2.40. The molecule has 4 rings (SSSR count). The van der Waals surface area contributed by atoms with Crippen LogP contribution in [0.25, 0.3) is 0 Å². The third-order valence-corrected chi connectivity index (χ3v) is 6.76. The summed E-state index contributed by atoms with van der Waals surface area (Å²) in [7, 11) is 0. The highest BCUT2D eigenvalue weighted by atomic mass is 16.6. The second-order valence-corrected chi connectivity index (χ2v) is 11.2. The van der Waals surface area contributed by atoms with Crippen LogP contribution < -0.4 is 5.32 Å². The van der Waals surface area contributed by atoms with E-state index in [1.807, 2.05) is 87.5 Å². The molecule has 1 aliphatic carbocycles. The fraction of sp³-hybridized carbons (Fsp3) is 0.424. The molecule has 1 unspecified atom stereocenters. The van der Waals surface area contributed by atoms with Crippen LogP contribution in [0.15, 0.2) is 91.0 Å². The molecular weight excluding hydrogens is 490 g/mol. The van der Waals surface area contributed by atoms with Crippen molar-refractivity contribution in [1.29, 1.82) is 0 Å². The topological polar surface area (TPSA) is 66.0 Å². The minimum Gasteiger partial charge on any atom is -0.444 e. The maximum absolute atomic E-state index is 12.8. The van der Waals surface area contributed by atoms with Gasteiger partial charge in [-0.05, 0) is 43.9 Å². The zero-order chi connectivity index (χ0) is 27.5. The van der Waals surface area contributed by atoms with Crippen LogP contribution in [0.5, 0.6) is 0 Å². The molecule has 0 aromatic heterocycles. The van der Waals surface area contributed by atoms with Crippen molar-refractivity contribution < 1.29 is 23.7 Å². The van der Waals surface area contributed by atoms with Gasteiger partial charge in [-0.3, -0.25) is 0 Å². The van der Waals surface area contributed by atoms with E-state index in [1.165, 1.54) is 0 Å². The zero-order valence-corrected chi connectivity index (χ0v) is 23.3. The molecule has 3 aromatic carbocycles. The van der Waals surface area contributed by atoms with Gasteiger partial charge in [-0.15, -0.1) is 0 Å². The van der Waals surface area contributed by atoms with Gasteiger partial charge in [-0.1, -0.05) is 91.0 Å². The van der Waals surface area contributed by atoms with Gasteiger partial charge in [0.1, 0.15) is 5.60 Å². The molecule has 0 aliphatic heterocycles.